The van der Waals surface area contributed by atoms with Gasteiger partial charge < -0.3 is 30.0 Å². The number of nitrogens with zero attached hydrogens (tertiary/aromatic N) is 5. The number of benzene rings is 3. The molecular formula is C28H31N9. The Morgan fingerprint density at radius 2 is 1.54 bits per heavy atom. The number of aryl methyl sites for hydroxylation is 1. The molecule has 0 bridgehead atoms. The first-order chi connectivity index (χ1) is 17.7. The van der Waals surface area contributed by atoms with E-state index in [4.69, 9.17) is 21.5 Å². The molecule has 0 aliphatic heterocycles. The molecule has 37 heavy (non-hydrogen) atoms. The van der Waals surface area contributed by atoms with E-state index < -0.39 is 0 Å². The van der Waals surface area contributed by atoms with Crippen LogP contribution in [0.2, 0.25) is 0 Å². The Labute approximate surface area is 215 Å². The van der Waals surface area contributed by atoms with Crippen LogP contribution in [0.3, 0.4) is 0 Å². The number of aromatic amines is 1. The van der Waals surface area contributed by atoms with E-state index in [1.54, 1.807) is 16.8 Å². The Morgan fingerprint density at radius 3 is 2.22 bits per heavy atom. The monoisotopic (exact) mass is 493 g/mol. The Hall–Kier alpha value is -4.79. The first-order valence-electron chi connectivity index (χ1n) is 11.9. The second kappa shape index (κ2) is 9.02. The molecule has 2 aromatic heterocycles. The number of guanidine groups is 2. The fourth-order valence-corrected chi connectivity index (χ4v) is 4.55. The molecule has 0 unspecified atom stereocenters. The molecule has 5 rings (SSSR count). The van der Waals surface area contributed by atoms with Crippen molar-refractivity contribution < 1.29 is 0 Å². The van der Waals surface area contributed by atoms with Gasteiger partial charge in [0, 0.05) is 69.3 Å². The fourth-order valence-electron chi connectivity index (χ4n) is 4.55. The highest BCUT2D eigenvalue weighted by Gasteiger charge is 2.17. The van der Waals surface area contributed by atoms with Gasteiger partial charge in [-0.3, -0.25) is 10.8 Å². The number of H-pyrrole nitrogens is 1. The molecule has 0 spiro atoms. The number of hydrogen-bond acceptors (Lipinski definition) is 3. The van der Waals surface area contributed by atoms with Crippen LogP contribution in [-0.4, -0.2) is 59.5 Å². The van der Waals surface area contributed by atoms with Crippen LogP contribution in [0.25, 0.3) is 44.5 Å². The number of nitrogens with two attached hydrogens (primary N) is 1. The number of nitrogens with one attached hydrogen (secondary N) is 3. The van der Waals surface area contributed by atoms with Crippen LogP contribution in [0, 0.1) is 10.8 Å². The maximum absolute atomic E-state index is 8.31. The SMILES string of the molecule is CN(C)C(=N)N(C)c1ccc2nc(-c3c[nH]c4ccc(-c5ccc(N(C)C(=N)N)cc5)cc34)n(C)c2c1. The first kappa shape index (κ1) is 23.9. The van der Waals surface area contributed by atoms with Gasteiger partial charge in [-0.1, -0.05) is 18.2 Å². The van der Waals surface area contributed by atoms with Crippen LogP contribution in [0.4, 0.5) is 11.4 Å². The summed E-state index contributed by atoms with van der Waals surface area (Å²) in [5, 5.41) is 17.0. The lowest BCUT2D eigenvalue weighted by Gasteiger charge is -2.25. The second-order valence-corrected chi connectivity index (χ2v) is 9.40. The van der Waals surface area contributed by atoms with Gasteiger partial charge in [-0.2, -0.15) is 0 Å². The third-order valence-corrected chi connectivity index (χ3v) is 6.86. The van der Waals surface area contributed by atoms with Crippen molar-refractivity contribution >= 4 is 45.2 Å². The van der Waals surface area contributed by atoms with E-state index in [0.717, 1.165) is 55.8 Å². The van der Waals surface area contributed by atoms with Crippen molar-refractivity contribution in [2.24, 2.45) is 12.8 Å². The predicted octanol–water partition coefficient (Wildman–Crippen LogP) is 4.65. The summed E-state index contributed by atoms with van der Waals surface area (Å²) >= 11 is 0. The second-order valence-electron chi connectivity index (χ2n) is 9.40. The Balaban J connectivity index is 1.54. The summed E-state index contributed by atoms with van der Waals surface area (Å²) in [7, 11) is 9.43. The summed E-state index contributed by atoms with van der Waals surface area (Å²) < 4.78 is 2.10. The average molecular weight is 494 g/mol. The molecule has 0 saturated heterocycles. The predicted molar refractivity (Wildman–Crippen MR) is 154 cm³/mol. The van der Waals surface area contributed by atoms with Crippen molar-refractivity contribution in [3.63, 3.8) is 0 Å². The number of aromatic nitrogens is 3. The molecule has 0 atom stereocenters. The molecule has 3 aromatic carbocycles. The van der Waals surface area contributed by atoms with Gasteiger partial charge in [0.2, 0.25) is 0 Å². The number of rotatable bonds is 4. The molecule has 9 heteroatoms. The van der Waals surface area contributed by atoms with E-state index in [0.29, 0.717) is 5.96 Å². The Morgan fingerprint density at radius 1 is 0.865 bits per heavy atom. The molecule has 0 amide bonds. The summed E-state index contributed by atoms with van der Waals surface area (Å²) in [5.41, 5.74) is 13.6. The first-order valence-corrected chi connectivity index (χ1v) is 11.9. The molecule has 5 N–H and O–H groups in total. The van der Waals surface area contributed by atoms with Crippen LogP contribution < -0.4 is 15.5 Å². The van der Waals surface area contributed by atoms with Crippen LogP contribution in [0.5, 0.6) is 0 Å². The number of anilines is 2. The summed E-state index contributed by atoms with van der Waals surface area (Å²) in [5.74, 6) is 1.29. The largest absolute Gasteiger partial charge is 0.370 e. The molecule has 0 aliphatic carbocycles. The topological polar surface area (TPSA) is 117 Å². The lowest BCUT2D eigenvalue weighted by Crippen LogP contribution is -2.37. The van der Waals surface area contributed by atoms with Crippen molar-refractivity contribution in [1.82, 2.24) is 19.4 Å². The molecule has 0 aliphatic rings. The molecule has 188 valence electrons. The molecular weight excluding hydrogens is 462 g/mol. The minimum absolute atomic E-state index is 0.00307. The maximum Gasteiger partial charge on any atom is 0.197 e. The van der Waals surface area contributed by atoms with Crippen LogP contribution in [0.1, 0.15) is 0 Å². The van der Waals surface area contributed by atoms with Crippen LogP contribution in [0.15, 0.2) is 66.9 Å². The van der Waals surface area contributed by atoms with E-state index >= 15 is 0 Å². The smallest absolute Gasteiger partial charge is 0.197 e. The third kappa shape index (κ3) is 4.14. The molecule has 0 saturated carbocycles. The van der Waals surface area contributed by atoms with Gasteiger partial charge in [0.15, 0.2) is 11.9 Å². The summed E-state index contributed by atoms with van der Waals surface area (Å²) in [6.45, 7) is 0. The van der Waals surface area contributed by atoms with Gasteiger partial charge >= 0.3 is 0 Å². The fraction of sp³-hybridized carbons (Fsp3) is 0.179. The van der Waals surface area contributed by atoms with E-state index in [-0.39, 0.29) is 5.96 Å². The van der Waals surface area contributed by atoms with E-state index in [2.05, 4.69) is 33.8 Å². The zero-order valence-corrected chi connectivity index (χ0v) is 21.7. The highest BCUT2D eigenvalue weighted by molar-refractivity contribution is 5.99. The third-order valence-electron chi connectivity index (χ3n) is 6.86. The average Bonchev–Trinajstić information content (AvgIpc) is 3.47. The zero-order chi connectivity index (χ0) is 26.4. The molecule has 0 radical (unpaired) electrons. The van der Waals surface area contributed by atoms with Crippen molar-refractivity contribution in [2.45, 2.75) is 0 Å². The lowest BCUT2D eigenvalue weighted by molar-refractivity contribution is 0.603. The number of imidazole rings is 1. The van der Waals surface area contributed by atoms with Gasteiger partial charge in [0.25, 0.3) is 0 Å². The highest BCUT2D eigenvalue weighted by Crippen LogP contribution is 2.34. The van der Waals surface area contributed by atoms with Gasteiger partial charge in [0.05, 0.1) is 11.0 Å². The van der Waals surface area contributed by atoms with Gasteiger partial charge in [-0.25, -0.2) is 4.98 Å². The van der Waals surface area contributed by atoms with Crippen molar-refractivity contribution in [2.75, 3.05) is 38.0 Å². The minimum atomic E-state index is 0.00307. The Bertz CT molecular complexity index is 1640. The molecule has 2 heterocycles. The van der Waals surface area contributed by atoms with Crippen molar-refractivity contribution in [1.29, 1.82) is 10.8 Å². The van der Waals surface area contributed by atoms with Gasteiger partial charge in [0.1, 0.15) is 5.82 Å². The van der Waals surface area contributed by atoms with E-state index in [9.17, 15) is 0 Å². The minimum Gasteiger partial charge on any atom is -0.370 e. The maximum atomic E-state index is 8.31. The highest BCUT2D eigenvalue weighted by atomic mass is 15.3. The van der Waals surface area contributed by atoms with Gasteiger partial charge in [-0.15, -0.1) is 0 Å². The number of fused-ring (bicyclic) bond motifs is 2. The van der Waals surface area contributed by atoms with Crippen molar-refractivity contribution in [3.05, 3.63) is 66.9 Å². The van der Waals surface area contributed by atoms with Crippen LogP contribution in [-0.2, 0) is 7.05 Å². The van der Waals surface area contributed by atoms with Crippen molar-refractivity contribution in [3.8, 4) is 22.5 Å². The quantitative estimate of drug-likeness (QED) is 0.215. The summed E-state index contributed by atoms with van der Waals surface area (Å²) in [6, 6.07) is 20.5. The lowest BCUT2D eigenvalue weighted by atomic mass is 10.0. The molecule has 9 nitrogen and oxygen atoms in total. The van der Waals surface area contributed by atoms with Crippen LogP contribution >= 0.6 is 0 Å². The molecule has 0 fully saturated rings. The zero-order valence-electron chi connectivity index (χ0n) is 21.7. The van der Waals surface area contributed by atoms with E-state index in [1.807, 2.05) is 75.7 Å². The summed E-state index contributed by atoms with van der Waals surface area (Å²) in [4.78, 5) is 13.6. The normalized spacial score (nSPS) is 11.2. The molecule has 5 aromatic rings. The van der Waals surface area contributed by atoms with E-state index in [1.165, 1.54) is 0 Å². The number of hydrogen-bond donors (Lipinski definition) is 4. The standard InChI is InChI=1S/C28H31N9/c1-34(2)28(31)36(4)20-11-13-24-25(15-20)37(5)26(33-24)22-16-32-23-12-8-18(14-21(22)23)17-6-9-19(10-7-17)35(3)27(29)30/h6-16,31-32H,1-5H3,(H3,29,30). The van der Waals surface area contributed by atoms with Gasteiger partial charge in [-0.05, 0) is 53.6 Å². The summed E-state index contributed by atoms with van der Waals surface area (Å²) in [6.07, 6.45) is 2.01. The Kier molecular flexibility index (Phi) is 5.83.